The first-order chi connectivity index (χ1) is 16.5. The molecule has 1 fully saturated rings. The Hall–Kier alpha value is -2.53. The lowest BCUT2D eigenvalue weighted by molar-refractivity contribution is 0.133. The van der Waals surface area contributed by atoms with E-state index in [4.69, 9.17) is 14.2 Å². The van der Waals surface area contributed by atoms with Gasteiger partial charge < -0.3 is 19.1 Å². The van der Waals surface area contributed by atoms with Gasteiger partial charge in [0.2, 0.25) is 0 Å². The molecule has 0 atom stereocenters. The summed E-state index contributed by atoms with van der Waals surface area (Å²) in [6.07, 6.45) is 1.42. The van der Waals surface area contributed by atoms with Crippen LogP contribution in [0.2, 0.25) is 0 Å². The summed E-state index contributed by atoms with van der Waals surface area (Å²) < 4.78 is 44.5. The van der Waals surface area contributed by atoms with Gasteiger partial charge in [-0.15, -0.1) is 0 Å². The van der Waals surface area contributed by atoms with Crippen molar-refractivity contribution < 1.29 is 23.0 Å². The second-order valence-corrected chi connectivity index (χ2v) is 9.10. The van der Waals surface area contributed by atoms with Crippen LogP contribution in [0.5, 0.6) is 11.5 Å². The van der Waals surface area contributed by atoms with E-state index in [1.165, 1.54) is 18.5 Å². The van der Waals surface area contributed by atoms with Crippen molar-refractivity contribution in [1.29, 1.82) is 0 Å². The lowest BCUT2D eigenvalue weighted by Crippen LogP contribution is -2.45. The quantitative estimate of drug-likeness (QED) is 0.315. The molecule has 0 radical (unpaired) electrons. The largest absolute Gasteiger partial charge is 0.492 e. The maximum absolute atomic E-state index is 13.7. The van der Waals surface area contributed by atoms with Crippen LogP contribution < -0.4 is 9.47 Å². The van der Waals surface area contributed by atoms with E-state index in [0.717, 1.165) is 50.6 Å². The SMILES string of the molecule is COCCOc1cc(OCCN2CCN(C)CC2)cc2ncnc(Sc3cc(F)cc(F)c3)c12. The highest BCUT2D eigenvalue weighted by Gasteiger charge is 2.17. The molecule has 1 aromatic heterocycles. The summed E-state index contributed by atoms with van der Waals surface area (Å²) in [5.74, 6) is -0.119. The Bertz CT molecular complexity index is 1090. The number of fused-ring (bicyclic) bond motifs is 1. The molecule has 10 heteroatoms. The van der Waals surface area contributed by atoms with Crippen molar-refractivity contribution in [3.8, 4) is 11.5 Å². The van der Waals surface area contributed by atoms with Gasteiger partial charge in [0.15, 0.2) is 0 Å². The molecule has 1 saturated heterocycles. The Labute approximate surface area is 202 Å². The molecule has 0 saturated carbocycles. The predicted molar refractivity (Wildman–Crippen MR) is 127 cm³/mol. The fourth-order valence-electron chi connectivity index (χ4n) is 3.67. The van der Waals surface area contributed by atoms with Crippen LogP contribution in [0.15, 0.2) is 46.6 Å². The number of rotatable bonds is 10. The third kappa shape index (κ3) is 6.53. The predicted octanol–water partition coefficient (Wildman–Crippen LogP) is 3.71. The molecule has 3 aromatic rings. The Morgan fingerprint density at radius 3 is 2.41 bits per heavy atom. The Balaban J connectivity index is 1.56. The minimum absolute atomic E-state index is 0.323. The summed E-state index contributed by atoms with van der Waals surface area (Å²) in [7, 11) is 3.73. The van der Waals surface area contributed by atoms with E-state index in [2.05, 4.69) is 26.8 Å². The number of methoxy groups -OCH3 is 1. The number of likely N-dealkylation sites (N-methyl/N-ethyl adjacent to an activating group) is 1. The van der Waals surface area contributed by atoms with Gasteiger partial charge in [-0.25, -0.2) is 18.7 Å². The normalized spacial score (nSPS) is 15.1. The third-order valence-electron chi connectivity index (χ3n) is 5.51. The van der Waals surface area contributed by atoms with E-state index in [9.17, 15) is 8.78 Å². The number of benzene rings is 2. The van der Waals surface area contributed by atoms with E-state index < -0.39 is 11.6 Å². The number of piperazine rings is 1. The molecule has 1 aliphatic heterocycles. The number of hydrogen-bond donors (Lipinski definition) is 0. The number of hydrogen-bond acceptors (Lipinski definition) is 8. The topological polar surface area (TPSA) is 60.0 Å². The average Bonchev–Trinajstić information content (AvgIpc) is 2.80. The second kappa shape index (κ2) is 11.7. The molecule has 2 aromatic carbocycles. The van der Waals surface area contributed by atoms with Gasteiger partial charge in [0, 0.05) is 62.9 Å². The number of halogens is 2. The Morgan fingerprint density at radius 1 is 0.912 bits per heavy atom. The van der Waals surface area contributed by atoms with Crippen molar-refractivity contribution in [2.45, 2.75) is 9.92 Å². The maximum Gasteiger partial charge on any atom is 0.135 e. The molecule has 0 unspecified atom stereocenters. The maximum atomic E-state index is 13.7. The minimum Gasteiger partial charge on any atom is -0.492 e. The number of ether oxygens (including phenoxy) is 3. The fourth-order valence-corrected chi connectivity index (χ4v) is 4.65. The van der Waals surface area contributed by atoms with Gasteiger partial charge >= 0.3 is 0 Å². The second-order valence-electron chi connectivity index (χ2n) is 8.04. The lowest BCUT2D eigenvalue weighted by atomic mass is 10.2. The standard InChI is InChI=1S/C24H28F2N4O3S/c1-29-3-5-30(6-4-29)7-8-32-19-14-21-23(22(15-19)33-10-9-31-2)24(28-16-27-21)34-20-12-17(25)11-18(26)13-20/h11-16H,3-10H2,1-2H3. The van der Waals surface area contributed by atoms with E-state index in [0.29, 0.717) is 52.1 Å². The van der Waals surface area contributed by atoms with Crippen LogP contribution in [-0.2, 0) is 4.74 Å². The lowest BCUT2D eigenvalue weighted by Gasteiger charge is -2.32. The molecule has 7 nitrogen and oxygen atoms in total. The van der Waals surface area contributed by atoms with Crippen LogP contribution in [0.25, 0.3) is 10.9 Å². The summed E-state index contributed by atoms with van der Waals surface area (Å²) in [5, 5.41) is 1.19. The Morgan fingerprint density at radius 2 is 1.68 bits per heavy atom. The van der Waals surface area contributed by atoms with Crippen LogP contribution in [-0.4, -0.2) is 86.5 Å². The molecule has 4 rings (SSSR count). The summed E-state index contributed by atoms with van der Waals surface area (Å²) in [5.41, 5.74) is 0.624. The van der Waals surface area contributed by atoms with Crippen LogP contribution >= 0.6 is 11.8 Å². The van der Waals surface area contributed by atoms with Gasteiger partial charge in [0.05, 0.1) is 17.5 Å². The van der Waals surface area contributed by atoms with E-state index >= 15 is 0 Å². The van der Waals surface area contributed by atoms with Crippen molar-refractivity contribution in [2.75, 3.05) is 66.7 Å². The molecule has 34 heavy (non-hydrogen) atoms. The summed E-state index contributed by atoms with van der Waals surface area (Å²) in [6.45, 7) is 6.27. The van der Waals surface area contributed by atoms with Gasteiger partial charge in [0.25, 0.3) is 0 Å². The van der Waals surface area contributed by atoms with E-state index in [1.54, 1.807) is 7.11 Å². The van der Waals surface area contributed by atoms with Crippen molar-refractivity contribution in [3.63, 3.8) is 0 Å². The molecule has 182 valence electrons. The highest BCUT2D eigenvalue weighted by atomic mass is 32.2. The van der Waals surface area contributed by atoms with Crippen LogP contribution in [0.3, 0.4) is 0 Å². The van der Waals surface area contributed by atoms with E-state index in [-0.39, 0.29) is 0 Å². The molecule has 0 amide bonds. The molecule has 0 bridgehead atoms. The zero-order valence-corrected chi connectivity index (χ0v) is 20.1. The first-order valence-corrected chi connectivity index (χ1v) is 11.9. The van der Waals surface area contributed by atoms with Crippen molar-refractivity contribution >= 4 is 22.7 Å². The smallest absolute Gasteiger partial charge is 0.135 e. The molecular weight excluding hydrogens is 462 g/mol. The van der Waals surface area contributed by atoms with Crippen LogP contribution in [0.4, 0.5) is 8.78 Å². The highest BCUT2D eigenvalue weighted by Crippen LogP contribution is 2.39. The van der Waals surface area contributed by atoms with Crippen LogP contribution in [0.1, 0.15) is 0 Å². The summed E-state index contributed by atoms with van der Waals surface area (Å²) in [6, 6.07) is 7.01. The van der Waals surface area contributed by atoms with Crippen molar-refractivity contribution in [2.24, 2.45) is 0 Å². The van der Waals surface area contributed by atoms with E-state index in [1.807, 2.05) is 12.1 Å². The highest BCUT2D eigenvalue weighted by molar-refractivity contribution is 7.99. The van der Waals surface area contributed by atoms with Gasteiger partial charge in [0.1, 0.15) is 47.7 Å². The van der Waals surface area contributed by atoms with Crippen molar-refractivity contribution in [1.82, 2.24) is 19.8 Å². The fraction of sp³-hybridized carbons (Fsp3) is 0.417. The monoisotopic (exact) mass is 490 g/mol. The summed E-state index contributed by atoms with van der Waals surface area (Å²) in [4.78, 5) is 13.8. The molecule has 0 N–H and O–H groups in total. The van der Waals surface area contributed by atoms with Gasteiger partial charge in [-0.2, -0.15) is 0 Å². The first kappa shape index (κ1) is 24.6. The molecule has 0 spiro atoms. The Kier molecular flexibility index (Phi) is 8.49. The first-order valence-electron chi connectivity index (χ1n) is 11.1. The molecule has 2 heterocycles. The zero-order chi connectivity index (χ0) is 23.9. The molecular formula is C24H28F2N4O3S. The number of aromatic nitrogens is 2. The van der Waals surface area contributed by atoms with Crippen molar-refractivity contribution in [3.05, 3.63) is 48.3 Å². The minimum atomic E-state index is -0.645. The zero-order valence-electron chi connectivity index (χ0n) is 19.3. The average molecular weight is 491 g/mol. The van der Waals surface area contributed by atoms with Gasteiger partial charge in [-0.05, 0) is 19.2 Å². The van der Waals surface area contributed by atoms with Gasteiger partial charge in [-0.3, -0.25) is 4.90 Å². The number of nitrogens with zero attached hydrogens (tertiary/aromatic N) is 4. The molecule has 0 aliphatic carbocycles. The van der Waals surface area contributed by atoms with Gasteiger partial charge in [-0.1, -0.05) is 11.8 Å². The third-order valence-corrected chi connectivity index (χ3v) is 6.48. The molecule has 1 aliphatic rings. The summed E-state index contributed by atoms with van der Waals surface area (Å²) >= 11 is 1.15. The van der Waals surface area contributed by atoms with Crippen LogP contribution in [0, 0.1) is 11.6 Å².